The molecule has 0 saturated carbocycles. The van der Waals surface area contributed by atoms with E-state index in [1.807, 2.05) is 12.1 Å². The van der Waals surface area contributed by atoms with Crippen LogP contribution in [0.4, 0.5) is 5.95 Å². The molecule has 0 aliphatic rings. The lowest BCUT2D eigenvalue weighted by Crippen LogP contribution is -2.34. The summed E-state index contributed by atoms with van der Waals surface area (Å²) < 4.78 is 10.7. The summed E-state index contributed by atoms with van der Waals surface area (Å²) >= 11 is 11.3. The summed E-state index contributed by atoms with van der Waals surface area (Å²) in [7, 11) is 1.50. The zero-order valence-corrected chi connectivity index (χ0v) is 16.0. The number of rotatable bonds is 4. The molecule has 9 heteroatoms. The zero-order valence-electron chi connectivity index (χ0n) is 14.4. The number of carbonyl (C=O) groups is 1. The monoisotopic (exact) mass is 402 g/mol. The van der Waals surface area contributed by atoms with Crippen LogP contribution in [-0.4, -0.2) is 28.1 Å². The number of nitrogens with one attached hydrogen (secondary N) is 2. The van der Waals surface area contributed by atoms with Crippen LogP contribution in [0.15, 0.2) is 46.9 Å². The normalized spacial score (nSPS) is 10.3. The van der Waals surface area contributed by atoms with E-state index >= 15 is 0 Å². The third kappa shape index (κ3) is 4.60. The molecule has 2 heterocycles. The number of carbonyl (C=O) groups excluding carboxylic acids is 1. The van der Waals surface area contributed by atoms with Gasteiger partial charge in [-0.2, -0.15) is 4.98 Å². The Hall–Kier alpha value is -2.97. The van der Waals surface area contributed by atoms with Gasteiger partial charge in [-0.05, 0) is 43.4 Å². The molecule has 27 heavy (non-hydrogen) atoms. The molecule has 2 N–H and O–H groups in total. The molecule has 0 unspecified atom stereocenters. The minimum Gasteiger partial charge on any atom is -0.481 e. The van der Waals surface area contributed by atoms with Crippen LogP contribution in [-0.2, 0) is 0 Å². The van der Waals surface area contributed by atoms with Crippen LogP contribution >= 0.6 is 23.8 Å². The Morgan fingerprint density at radius 1 is 1.22 bits per heavy atom. The van der Waals surface area contributed by atoms with Gasteiger partial charge < -0.3 is 14.5 Å². The second-order valence-corrected chi connectivity index (χ2v) is 6.24. The first-order valence-electron chi connectivity index (χ1n) is 7.83. The van der Waals surface area contributed by atoms with Crippen LogP contribution in [0.1, 0.15) is 16.2 Å². The van der Waals surface area contributed by atoms with E-state index in [0.29, 0.717) is 27.9 Å². The highest BCUT2D eigenvalue weighted by atomic mass is 35.5. The van der Waals surface area contributed by atoms with Crippen LogP contribution in [0.25, 0.3) is 11.3 Å². The van der Waals surface area contributed by atoms with Crippen molar-refractivity contribution in [3.63, 3.8) is 0 Å². The van der Waals surface area contributed by atoms with Crippen molar-refractivity contribution in [3.8, 4) is 17.2 Å². The summed E-state index contributed by atoms with van der Waals surface area (Å²) in [4.78, 5) is 20.6. The quantitative estimate of drug-likeness (QED) is 0.641. The number of aromatic nitrogens is 2. The highest BCUT2D eigenvalue weighted by Crippen LogP contribution is 2.29. The Labute approximate surface area is 165 Å². The van der Waals surface area contributed by atoms with E-state index < -0.39 is 5.91 Å². The Balaban J connectivity index is 1.68. The fourth-order valence-corrected chi connectivity index (χ4v) is 2.68. The average molecular weight is 403 g/mol. The maximum Gasteiger partial charge on any atom is 0.293 e. The number of halogens is 1. The van der Waals surface area contributed by atoms with Crippen molar-refractivity contribution >= 4 is 40.8 Å². The molecule has 0 aliphatic carbocycles. The van der Waals surface area contributed by atoms with E-state index in [0.717, 1.165) is 0 Å². The molecular formula is C18H15ClN4O3S. The van der Waals surface area contributed by atoms with Crippen LogP contribution in [0.5, 0.6) is 5.88 Å². The maximum absolute atomic E-state index is 12.3. The summed E-state index contributed by atoms with van der Waals surface area (Å²) in [6.45, 7) is 1.79. The second-order valence-electron chi connectivity index (χ2n) is 5.43. The number of thiocarbonyl (C=S) groups is 1. The van der Waals surface area contributed by atoms with E-state index in [-0.39, 0.29) is 16.8 Å². The molecule has 138 valence electrons. The number of benzene rings is 1. The summed E-state index contributed by atoms with van der Waals surface area (Å²) in [5.74, 6) is 0.668. The minimum absolute atomic E-state index is 0.0309. The van der Waals surface area contributed by atoms with E-state index in [1.54, 1.807) is 37.3 Å². The number of nitrogens with zero attached hydrogens (tertiary/aromatic N) is 2. The van der Waals surface area contributed by atoms with Gasteiger partial charge >= 0.3 is 0 Å². The van der Waals surface area contributed by atoms with Gasteiger partial charge in [-0.3, -0.25) is 10.1 Å². The number of anilines is 1. The predicted molar refractivity (Wildman–Crippen MR) is 106 cm³/mol. The lowest BCUT2D eigenvalue weighted by Gasteiger charge is -2.09. The SMILES string of the molecule is COc1cc(C)nc(NC(=S)NC(=O)c2ccc(-c3ccccc3Cl)o2)n1. The number of methoxy groups -OCH3 is 1. The maximum atomic E-state index is 12.3. The third-order valence-electron chi connectivity index (χ3n) is 3.46. The molecular weight excluding hydrogens is 388 g/mol. The van der Waals surface area contributed by atoms with Crippen LogP contribution in [0, 0.1) is 6.92 Å². The first kappa shape index (κ1) is 18.8. The van der Waals surface area contributed by atoms with Crippen molar-refractivity contribution in [2.24, 2.45) is 0 Å². The second kappa shape index (κ2) is 8.15. The Bertz CT molecular complexity index is 1010. The summed E-state index contributed by atoms with van der Waals surface area (Å²) in [6.07, 6.45) is 0. The van der Waals surface area contributed by atoms with Gasteiger partial charge in [0.1, 0.15) is 5.76 Å². The number of ether oxygens (including phenoxy) is 1. The molecule has 0 fully saturated rings. The van der Waals surface area contributed by atoms with Crippen molar-refractivity contribution in [1.82, 2.24) is 15.3 Å². The third-order valence-corrected chi connectivity index (χ3v) is 4.00. The lowest BCUT2D eigenvalue weighted by atomic mass is 10.2. The number of aryl methyl sites for hydroxylation is 1. The molecule has 3 aromatic rings. The van der Waals surface area contributed by atoms with Crippen molar-refractivity contribution in [3.05, 3.63) is 58.9 Å². The van der Waals surface area contributed by atoms with Crippen molar-refractivity contribution in [2.75, 3.05) is 12.4 Å². The molecule has 1 amide bonds. The van der Waals surface area contributed by atoms with Gasteiger partial charge in [0.05, 0.1) is 12.1 Å². The fraction of sp³-hybridized carbons (Fsp3) is 0.111. The van der Waals surface area contributed by atoms with Gasteiger partial charge in [0.15, 0.2) is 10.9 Å². The molecule has 3 rings (SSSR count). The number of furan rings is 1. The standard InChI is InChI=1S/C18H15ClN4O3S/c1-10-9-15(25-2)21-17(20-10)23-18(27)22-16(24)14-8-7-13(26-14)11-5-3-4-6-12(11)19/h3-9H,1-2H3,(H2,20,21,22,23,24,27). The largest absolute Gasteiger partial charge is 0.481 e. The van der Waals surface area contributed by atoms with E-state index in [2.05, 4.69) is 20.6 Å². The highest BCUT2D eigenvalue weighted by Gasteiger charge is 2.15. The van der Waals surface area contributed by atoms with E-state index in [4.69, 9.17) is 33.0 Å². The average Bonchev–Trinajstić information content (AvgIpc) is 3.11. The lowest BCUT2D eigenvalue weighted by molar-refractivity contribution is 0.0951. The Kier molecular flexibility index (Phi) is 5.68. The first-order valence-corrected chi connectivity index (χ1v) is 8.61. The van der Waals surface area contributed by atoms with Gasteiger partial charge in [0.2, 0.25) is 11.8 Å². The molecule has 7 nitrogen and oxygen atoms in total. The molecule has 2 aromatic heterocycles. The van der Waals surface area contributed by atoms with Gasteiger partial charge in [-0.1, -0.05) is 23.7 Å². The fourth-order valence-electron chi connectivity index (χ4n) is 2.26. The van der Waals surface area contributed by atoms with E-state index in [1.165, 1.54) is 7.11 Å². The Morgan fingerprint density at radius 3 is 2.74 bits per heavy atom. The van der Waals surface area contributed by atoms with Crippen LogP contribution in [0.2, 0.25) is 5.02 Å². The van der Waals surface area contributed by atoms with Crippen LogP contribution < -0.4 is 15.4 Å². The topological polar surface area (TPSA) is 89.3 Å². The van der Waals surface area contributed by atoms with Crippen LogP contribution in [0.3, 0.4) is 0 Å². The smallest absolute Gasteiger partial charge is 0.293 e. The Morgan fingerprint density at radius 2 is 2.00 bits per heavy atom. The molecule has 1 aromatic carbocycles. The predicted octanol–water partition coefficient (Wildman–Crippen LogP) is 3.83. The van der Waals surface area contributed by atoms with Gasteiger partial charge in [-0.25, -0.2) is 4.98 Å². The molecule has 0 saturated heterocycles. The van der Waals surface area contributed by atoms with Gasteiger partial charge in [-0.15, -0.1) is 0 Å². The van der Waals surface area contributed by atoms with Crippen molar-refractivity contribution in [2.45, 2.75) is 6.92 Å². The zero-order chi connectivity index (χ0) is 19.4. The molecule has 0 spiro atoms. The van der Waals surface area contributed by atoms with Crippen molar-refractivity contribution < 1.29 is 13.9 Å². The summed E-state index contributed by atoms with van der Waals surface area (Å²) in [5.41, 5.74) is 1.38. The van der Waals surface area contributed by atoms with Crippen molar-refractivity contribution in [1.29, 1.82) is 0 Å². The number of hydrogen-bond donors (Lipinski definition) is 2. The summed E-state index contributed by atoms with van der Waals surface area (Å²) in [5, 5.41) is 5.82. The number of amides is 1. The highest BCUT2D eigenvalue weighted by molar-refractivity contribution is 7.80. The summed E-state index contributed by atoms with van der Waals surface area (Å²) in [6, 6.07) is 12.1. The number of hydrogen-bond acceptors (Lipinski definition) is 6. The van der Waals surface area contributed by atoms with Gasteiger partial charge in [0.25, 0.3) is 5.91 Å². The minimum atomic E-state index is -0.509. The first-order chi connectivity index (χ1) is 13.0. The molecule has 0 bridgehead atoms. The van der Waals surface area contributed by atoms with E-state index in [9.17, 15) is 4.79 Å². The molecule has 0 atom stereocenters. The molecule has 0 aliphatic heterocycles. The molecule has 0 radical (unpaired) electrons. The van der Waals surface area contributed by atoms with Gasteiger partial charge in [0, 0.05) is 17.3 Å².